The molecular weight excluding hydrogens is 361 g/mol. The van der Waals surface area contributed by atoms with E-state index in [2.05, 4.69) is 0 Å². The van der Waals surface area contributed by atoms with Crippen LogP contribution in [0.2, 0.25) is 5.02 Å². The molecule has 27 heavy (non-hydrogen) atoms. The third-order valence-corrected chi connectivity index (χ3v) is 4.98. The molecule has 2 nitrogen and oxygen atoms in total. The van der Waals surface area contributed by atoms with Crippen LogP contribution in [-0.4, -0.2) is 5.91 Å². The minimum Gasteiger partial charge on any atom is -0.308 e. The van der Waals surface area contributed by atoms with Gasteiger partial charge in [-0.1, -0.05) is 60.2 Å². The average Bonchev–Trinajstić information content (AvgIpc) is 2.65. The van der Waals surface area contributed by atoms with Gasteiger partial charge < -0.3 is 4.90 Å². The lowest BCUT2D eigenvalue weighted by Gasteiger charge is -2.26. The van der Waals surface area contributed by atoms with Gasteiger partial charge in [0, 0.05) is 17.5 Å². The van der Waals surface area contributed by atoms with E-state index in [4.69, 9.17) is 11.6 Å². The maximum atomic E-state index is 14.8. The van der Waals surface area contributed by atoms with Gasteiger partial charge in [-0.15, -0.1) is 0 Å². The molecule has 134 valence electrons. The van der Waals surface area contributed by atoms with Gasteiger partial charge in [0.05, 0.1) is 12.2 Å². The van der Waals surface area contributed by atoms with Crippen molar-refractivity contribution in [3.63, 3.8) is 0 Å². The van der Waals surface area contributed by atoms with Gasteiger partial charge in [-0.3, -0.25) is 4.79 Å². The van der Waals surface area contributed by atoms with E-state index < -0.39 is 0 Å². The Labute approximate surface area is 162 Å². The number of hydrogen-bond acceptors (Lipinski definition) is 1. The lowest BCUT2D eigenvalue weighted by atomic mass is 9.95. The predicted molar refractivity (Wildman–Crippen MR) is 109 cm³/mol. The molecule has 0 aliphatic carbocycles. The molecule has 4 heteroatoms. The quantitative estimate of drug-likeness (QED) is 0.495. The Morgan fingerprint density at radius 2 is 1.74 bits per heavy atom. The number of rotatable bonds is 1. The third kappa shape index (κ3) is 3.38. The topological polar surface area (TPSA) is 20.3 Å². The number of nitrogens with zero attached hydrogens (tertiary/aromatic N) is 1. The largest absolute Gasteiger partial charge is 0.308 e. The van der Waals surface area contributed by atoms with Crippen molar-refractivity contribution >= 4 is 35.3 Å². The van der Waals surface area contributed by atoms with Crippen LogP contribution in [0.4, 0.5) is 10.1 Å². The van der Waals surface area contributed by atoms with Crippen LogP contribution in [0.25, 0.3) is 23.3 Å². The number of carbonyl (C=O) groups excluding carboxylic acids is 1. The summed E-state index contributed by atoms with van der Waals surface area (Å²) >= 11 is 6.16. The molecule has 0 unspecified atom stereocenters. The summed E-state index contributed by atoms with van der Waals surface area (Å²) in [4.78, 5) is 14.0. The fraction of sp³-hybridized carbons (Fsp3) is 0.0870. The number of halogens is 2. The zero-order valence-corrected chi connectivity index (χ0v) is 15.5. The smallest absolute Gasteiger partial charge is 0.224 e. The summed E-state index contributed by atoms with van der Waals surface area (Å²) in [6.07, 6.45) is 3.78. The third-order valence-electron chi connectivity index (χ3n) is 4.75. The summed E-state index contributed by atoms with van der Waals surface area (Å²) in [5.41, 5.74) is 4.60. The lowest BCUT2D eigenvalue weighted by Crippen LogP contribution is -2.29. The van der Waals surface area contributed by atoms with Crippen molar-refractivity contribution in [2.75, 3.05) is 4.90 Å². The summed E-state index contributed by atoms with van der Waals surface area (Å²) in [5, 5.41) is 0.568. The van der Waals surface area contributed by atoms with Crippen molar-refractivity contribution in [1.82, 2.24) is 0 Å². The first-order valence-corrected chi connectivity index (χ1v) is 9.04. The van der Waals surface area contributed by atoms with Gasteiger partial charge in [-0.2, -0.15) is 0 Å². The van der Waals surface area contributed by atoms with Gasteiger partial charge in [0.2, 0.25) is 5.91 Å². The summed E-state index contributed by atoms with van der Waals surface area (Å²) in [5.74, 6) is -0.374. The maximum absolute atomic E-state index is 14.8. The molecule has 3 aromatic carbocycles. The van der Waals surface area contributed by atoms with Gasteiger partial charge in [0.1, 0.15) is 5.82 Å². The fourth-order valence-corrected chi connectivity index (χ4v) is 3.54. The van der Waals surface area contributed by atoms with Crippen LogP contribution in [-0.2, 0) is 11.3 Å². The van der Waals surface area contributed by atoms with Gasteiger partial charge in [0.25, 0.3) is 0 Å². The number of carbonyl (C=O) groups is 1. The van der Waals surface area contributed by atoms with E-state index in [0.29, 0.717) is 17.1 Å². The van der Waals surface area contributed by atoms with E-state index in [1.807, 2.05) is 54.6 Å². The second kappa shape index (κ2) is 7.01. The summed E-state index contributed by atoms with van der Waals surface area (Å²) in [6.45, 7) is 1.87. The number of hydrogen-bond donors (Lipinski definition) is 0. The summed E-state index contributed by atoms with van der Waals surface area (Å²) in [7, 11) is 0. The highest BCUT2D eigenvalue weighted by Crippen LogP contribution is 2.34. The predicted octanol–water partition coefficient (Wildman–Crippen LogP) is 6.18. The lowest BCUT2D eigenvalue weighted by molar-refractivity contribution is -0.116. The Morgan fingerprint density at radius 1 is 1.00 bits per heavy atom. The minimum absolute atomic E-state index is 0.0923. The second-order valence-corrected chi connectivity index (χ2v) is 6.97. The van der Waals surface area contributed by atoms with Crippen LogP contribution in [0.3, 0.4) is 0 Å². The van der Waals surface area contributed by atoms with Gasteiger partial charge in [0.15, 0.2) is 0 Å². The van der Waals surface area contributed by atoms with E-state index in [-0.39, 0.29) is 11.7 Å². The average molecular weight is 378 g/mol. The van der Waals surface area contributed by atoms with Crippen LogP contribution in [0.5, 0.6) is 0 Å². The normalized spacial score (nSPS) is 12.8. The van der Waals surface area contributed by atoms with Crippen molar-refractivity contribution < 1.29 is 9.18 Å². The second-order valence-electron chi connectivity index (χ2n) is 6.54. The highest BCUT2D eigenvalue weighted by Gasteiger charge is 2.20. The first-order valence-electron chi connectivity index (χ1n) is 8.66. The van der Waals surface area contributed by atoms with Crippen LogP contribution in [0.1, 0.15) is 23.6 Å². The highest BCUT2D eigenvalue weighted by atomic mass is 35.5. The molecule has 0 aromatic heterocycles. The van der Waals surface area contributed by atoms with Gasteiger partial charge in [-0.05, 0) is 46.5 Å². The van der Waals surface area contributed by atoms with Gasteiger partial charge in [-0.25, -0.2) is 4.39 Å². The molecule has 0 N–H and O–H groups in total. The molecule has 4 rings (SSSR count). The molecule has 0 bridgehead atoms. The van der Waals surface area contributed by atoms with Crippen LogP contribution in [0, 0.1) is 5.82 Å². The maximum Gasteiger partial charge on any atom is 0.224 e. The van der Waals surface area contributed by atoms with Crippen molar-refractivity contribution in [3.8, 4) is 11.1 Å². The Bertz CT molecular complexity index is 1060. The molecule has 0 atom stereocenters. The van der Waals surface area contributed by atoms with Crippen molar-refractivity contribution in [2.45, 2.75) is 13.5 Å². The van der Waals surface area contributed by atoms with Crippen LogP contribution >= 0.6 is 11.6 Å². The molecule has 3 aromatic rings. The molecule has 0 radical (unpaired) electrons. The van der Waals surface area contributed by atoms with E-state index in [9.17, 15) is 9.18 Å². The number of amides is 1. The monoisotopic (exact) mass is 377 g/mol. The van der Waals surface area contributed by atoms with E-state index >= 15 is 0 Å². The SMILES string of the molecule is CC(=O)N1Cc2cc(-c3ccccc3)c(F)cc2C=Cc2ccc(Cl)cc21. The minimum atomic E-state index is -0.282. The summed E-state index contributed by atoms with van der Waals surface area (Å²) < 4.78 is 14.8. The van der Waals surface area contributed by atoms with Crippen molar-refractivity contribution in [1.29, 1.82) is 0 Å². The summed E-state index contributed by atoms with van der Waals surface area (Å²) in [6, 6.07) is 18.2. The zero-order chi connectivity index (χ0) is 19.0. The molecular formula is C23H17ClFNO. The number of benzene rings is 3. The Balaban J connectivity index is 1.89. The zero-order valence-electron chi connectivity index (χ0n) is 14.7. The first-order chi connectivity index (χ1) is 13.0. The molecule has 0 spiro atoms. The Hall–Kier alpha value is -2.91. The molecule has 0 saturated heterocycles. The molecule has 1 aliphatic rings. The van der Waals surface area contributed by atoms with Gasteiger partial charge >= 0.3 is 0 Å². The molecule has 0 fully saturated rings. The van der Waals surface area contributed by atoms with Crippen LogP contribution < -0.4 is 4.90 Å². The van der Waals surface area contributed by atoms with E-state index in [1.165, 1.54) is 13.0 Å². The molecule has 1 amide bonds. The number of fused-ring (bicyclic) bond motifs is 2. The molecule has 1 heterocycles. The fourth-order valence-electron chi connectivity index (χ4n) is 3.37. The number of anilines is 1. The molecule has 1 aliphatic heterocycles. The van der Waals surface area contributed by atoms with Crippen molar-refractivity contribution in [3.05, 3.63) is 88.2 Å². The standard InChI is InChI=1S/C23H17ClFNO/c1-15(27)26-14-19-11-21(16-5-3-2-4-6-16)22(25)12-18(19)8-7-17-9-10-20(24)13-23(17)26/h2-13H,14H2,1H3. The highest BCUT2D eigenvalue weighted by molar-refractivity contribution is 6.31. The molecule has 0 saturated carbocycles. The van der Waals surface area contributed by atoms with Crippen molar-refractivity contribution in [2.24, 2.45) is 0 Å². The van der Waals surface area contributed by atoms with E-state index in [1.54, 1.807) is 17.0 Å². The first kappa shape index (κ1) is 17.5. The Morgan fingerprint density at radius 3 is 2.48 bits per heavy atom. The van der Waals surface area contributed by atoms with E-state index in [0.717, 1.165) is 27.9 Å². The van der Waals surface area contributed by atoms with Crippen LogP contribution in [0.15, 0.2) is 60.7 Å². The Kier molecular flexibility index (Phi) is 4.54.